The zero-order chi connectivity index (χ0) is 16.9. The molecule has 3 heterocycles. The second-order valence-corrected chi connectivity index (χ2v) is 6.17. The van der Waals surface area contributed by atoms with Crippen molar-refractivity contribution in [2.45, 2.75) is 26.8 Å². The minimum atomic E-state index is -0.0390. The van der Waals surface area contributed by atoms with Crippen LogP contribution in [0, 0.1) is 13.8 Å². The van der Waals surface area contributed by atoms with Gasteiger partial charge in [0.15, 0.2) is 11.6 Å². The lowest BCUT2D eigenvalue weighted by Gasteiger charge is -2.33. The van der Waals surface area contributed by atoms with Crippen LogP contribution in [0.3, 0.4) is 0 Å². The standard InChI is InChI=1S/C16H23N5O3/c1-12-9-14(24-18-12)11-21-7-5-20(6-8-21)4-3-16(22)17-15-10-13(2)23-19-15/h9-10H,3-8,11H2,1-2H3,(H,17,19,22). The average Bonchev–Trinajstić information content (AvgIpc) is 3.15. The Kier molecular flexibility index (Phi) is 5.27. The Labute approximate surface area is 140 Å². The first-order valence-electron chi connectivity index (χ1n) is 8.18. The molecule has 24 heavy (non-hydrogen) atoms. The van der Waals surface area contributed by atoms with Gasteiger partial charge >= 0.3 is 0 Å². The van der Waals surface area contributed by atoms with Crippen LogP contribution in [-0.2, 0) is 11.3 Å². The minimum Gasteiger partial charge on any atom is -0.360 e. The quantitative estimate of drug-likeness (QED) is 0.855. The maximum absolute atomic E-state index is 11.9. The molecule has 3 rings (SSSR count). The molecular formula is C16H23N5O3. The Balaban J connectivity index is 1.35. The van der Waals surface area contributed by atoms with Gasteiger partial charge in [0, 0.05) is 51.3 Å². The molecule has 0 spiro atoms. The van der Waals surface area contributed by atoms with E-state index in [1.807, 2.05) is 13.0 Å². The van der Waals surface area contributed by atoms with E-state index in [1.54, 1.807) is 13.0 Å². The Morgan fingerprint density at radius 2 is 1.88 bits per heavy atom. The molecule has 1 aliphatic heterocycles. The van der Waals surface area contributed by atoms with Gasteiger partial charge in [0.1, 0.15) is 5.76 Å². The molecular weight excluding hydrogens is 310 g/mol. The van der Waals surface area contributed by atoms with E-state index in [0.29, 0.717) is 18.0 Å². The van der Waals surface area contributed by atoms with Gasteiger partial charge in [-0.2, -0.15) is 0 Å². The van der Waals surface area contributed by atoms with Gasteiger partial charge in [0.05, 0.1) is 12.2 Å². The molecule has 1 saturated heterocycles. The van der Waals surface area contributed by atoms with Gasteiger partial charge in [-0.15, -0.1) is 0 Å². The molecule has 2 aromatic heterocycles. The van der Waals surface area contributed by atoms with Crippen molar-refractivity contribution in [3.63, 3.8) is 0 Å². The van der Waals surface area contributed by atoms with Crippen LogP contribution in [-0.4, -0.2) is 58.7 Å². The van der Waals surface area contributed by atoms with Crippen molar-refractivity contribution in [2.75, 3.05) is 38.0 Å². The van der Waals surface area contributed by atoms with E-state index in [9.17, 15) is 4.79 Å². The van der Waals surface area contributed by atoms with Gasteiger partial charge < -0.3 is 19.3 Å². The number of piperazine rings is 1. The lowest BCUT2D eigenvalue weighted by molar-refractivity contribution is -0.116. The van der Waals surface area contributed by atoms with Gasteiger partial charge in [-0.05, 0) is 13.8 Å². The van der Waals surface area contributed by atoms with E-state index in [2.05, 4.69) is 25.4 Å². The highest BCUT2D eigenvalue weighted by atomic mass is 16.5. The maximum atomic E-state index is 11.9. The summed E-state index contributed by atoms with van der Waals surface area (Å²) in [5.41, 5.74) is 0.914. The van der Waals surface area contributed by atoms with Crippen molar-refractivity contribution < 1.29 is 13.8 Å². The molecule has 0 saturated carbocycles. The van der Waals surface area contributed by atoms with Crippen LogP contribution in [0.5, 0.6) is 0 Å². The predicted octanol–water partition coefficient (Wildman–Crippen LogP) is 1.43. The predicted molar refractivity (Wildman–Crippen MR) is 87.4 cm³/mol. The van der Waals surface area contributed by atoms with E-state index in [0.717, 1.165) is 50.7 Å². The van der Waals surface area contributed by atoms with Crippen LogP contribution < -0.4 is 5.32 Å². The molecule has 1 fully saturated rings. The van der Waals surface area contributed by atoms with Crippen molar-refractivity contribution >= 4 is 11.7 Å². The van der Waals surface area contributed by atoms with Crippen LogP contribution in [0.1, 0.15) is 23.6 Å². The highest BCUT2D eigenvalue weighted by Crippen LogP contribution is 2.11. The summed E-state index contributed by atoms with van der Waals surface area (Å²) in [6, 6.07) is 3.68. The van der Waals surface area contributed by atoms with Crippen molar-refractivity contribution in [3.05, 3.63) is 29.3 Å². The van der Waals surface area contributed by atoms with Gasteiger partial charge in [-0.25, -0.2) is 0 Å². The number of aromatic nitrogens is 2. The molecule has 130 valence electrons. The summed E-state index contributed by atoms with van der Waals surface area (Å²) in [4.78, 5) is 16.6. The fourth-order valence-corrected chi connectivity index (χ4v) is 2.77. The van der Waals surface area contributed by atoms with Gasteiger partial charge in [0.2, 0.25) is 5.91 Å². The lowest BCUT2D eigenvalue weighted by Crippen LogP contribution is -2.46. The smallest absolute Gasteiger partial charge is 0.226 e. The highest BCUT2D eigenvalue weighted by Gasteiger charge is 2.19. The first-order valence-corrected chi connectivity index (χ1v) is 8.18. The molecule has 0 atom stereocenters. The summed E-state index contributed by atoms with van der Waals surface area (Å²) in [5, 5.41) is 10.4. The fraction of sp³-hybridized carbons (Fsp3) is 0.562. The Morgan fingerprint density at radius 1 is 1.12 bits per heavy atom. The molecule has 1 amide bonds. The third-order valence-electron chi connectivity index (χ3n) is 4.07. The van der Waals surface area contributed by atoms with Crippen LogP contribution in [0.2, 0.25) is 0 Å². The summed E-state index contributed by atoms with van der Waals surface area (Å²) in [5.74, 6) is 2.03. The lowest BCUT2D eigenvalue weighted by atomic mass is 10.2. The molecule has 1 aliphatic rings. The van der Waals surface area contributed by atoms with Crippen molar-refractivity contribution in [1.82, 2.24) is 20.1 Å². The zero-order valence-electron chi connectivity index (χ0n) is 14.1. The molecule has 2 aromatic rings. The molecule has 0 bridgehead atoms. The number of nitrogens with one attached hydrogen (secondary N) is 1. The number of aryl methyl sites for hydroxylation is 2. The van der Waals surface area contributed by atoms with Crippen molar-refractivity contribution in [1.29, 1.82) is 0 Å². The number of carbonyl (C=O) groups excluding carboxylic acids is 1. The number of amides is 1. The fourth-order valence-electron chi connectivity index (χ4n) is 2.77. The maximum Gasteiger partial charge on any atom is 0.226 e. The Hall–Kier alpha value is -2.19. The van der Waals surface area contributed by atoms with Gasteiger partial charge in [-0.3, -0.25) is 9.69 Å². The third kappa shape index (κ3) is 4.65. The molecule has 8 nitrogen and oxygen atoms in total. The number of hydrogen-bond donors (Lipinski definition) is 1. The van der Waals surface area contributed by atoms with Crippen LogP contribution in [0.25, 0.3) is 0 Å². The summed E-state index contributed by atoms with van der Waals surface area (Å²) in [6.07, 6.45) is 0.452. The number of anilines is 1. The van der Waals surface area contributed by atoms with Gasteiger partial charge in [-0.1, -0.05) is 10.3 Å². The summed E-state index contributed by atoms with van der Waals surface area (Å²) in [6.45, 7) is 9.08. The van der Waals surface area contributed by atoms with Gasteiger partial charge in [0.25, 0.3) is 0 Å². The van der Waals surface area contributed by atoms with E-state index in [1.165, 1.54) is 0 Å². The first kappa shape index (κ1) is 16.7. The number of carbonyl (C=O) groups is 1. The number of rotatable bonds is 6. The molecule has 0 radical (unpaired) electrons. The third-order valence-corrected chi connectivity index (χ3v) is 4.07. The van der Waals surface area contributed by atoms with E-state index >= 15 is 0 Å². The Bertz CT molecular complexity index is 673. The highest BCUT2D eigenvalue weighted by molar-refractivity contribution is 5.89. The monoisotopic (exact) mass is 333 g/mol. The van der Waals surface area contributed by atoms with E-state index < -0.39 is 0 Å². The minimum absolute atomic E-state index is 0.0390. The molecule has 0 unspecified atom stereocenters. The van der Waals surface area contributed by atoms with Crippen LogP contribution in [0.15, 0.2) is 21.2 Å². The van der Waals surface area contributed by atoms with E-state index in [4.69, 9.17) is 9.05 Å². The summed E-state index contributed by atoms with van der Waals surface area (Å²) in [7, 11) is 0. The largest absolute Gasteiger partial charge is 0.360 e. The molecule has 1 N–H and O–H groups in total. The molecule has 0 aliphatic carbocycles. The molecule has 0 aromatic carbocycles. The Morgan fingerprint density at radius 3 is 2.50 bits per heavy atom. The SMILES string of the molecule is Cc1cc(CN2CCN(CCC(=O)Nc3cc(C)on3)CC2)on1. The van der Waals surface area contributed by atoms with Crippen molar-refractivity contribution in [3.8, 4) is 0 Å². The second kappa shape index (κ2) is 7.59. The second-order valence-electron chi connectivity index (χ2n) is 6.17. The summed E-state index contributed by atoms with van der Waals surface area (Å²) >= 11 is 0. The van der Waals surface area contributed by atoms with Crippen LogP contribution in [0.4, 0.5) is 5.82 Å². The number of nitrogens with zero attached hydrogens (tertiary/aromatic N) is 4. The topological polar surface area (TPSA) is 87.6 Å². The van der Waals surface area contributed by atoms with E-state index in [-0.39, 0.29) is 5.91 Å². The van der Waals surface area contributed by atoms with Crippen molar-refractivity contribution in [2.24, 2.45) is 0 Å². The molecule has 8 heteroatoms. The number of hydrogen-bond acceptors (Lipinski definition) is 7. The first-order chi connectivity index (χ1) is 11.6. The summed E-state index contributed by atoms with van der Waals surface area (Å²) < 4.78 is 10.2. The zero-order valence-corrected chi connectivity index (χ0v) is 14.1. The van der Waals surface area contributed by atoms with Crippen LogP contribution >= 0.6 is 0 Å². The normalized spacial score (nSPS) is 16.4. The average molecular weight is 333 g/mol.